The van der Waals surface area contributed by atoms with E-state index >= 15 is 0 Å². The summed E-state index contributed by atoms with van der Waals surface area (Å²) < 4.78 is 18.7. The van der Waals surface area contributed by atoms with E-state index in [0.29, 0.717) is 19.5 Å². The molecule has 0 saturated heterocycles. The molecule has 0 bridgehead atoms. The molecule has 1 aromatic rings. The van der Waals surface area contributed by atoms with Gasteiger partial charge in [0, 0.05) is 13.0 Å². The summed E-state index contributed by atoms with van der Waals surface area (Å²) in [5, 5.41) is 0. The quantitative estimate of drug-likeness (QED) is 0.682. The number of rotatable bonds is 8. The van der Waals surface area contributed by atoms with E-state index in [1.807, 2.05) is 26.0 Å². The first-order chi connectivity index (χ1) is 9.69. The average molecular weight is 279 g/mol. The van der Waals surface area contributed by atoms with Crippen LogP contribution in [0.5, 0.6) is 5.75 Å². The van der Waals surface area contributed by atoms with Crippen LogP contribution in [-0.4, -0.2) is 30.5 Å². The second-order valence-electron chi connectivity index (χ2n) is 4.34. The maximum atomic E-state index is 13.3. The van der Waals surface area contributed by atoms with Crippen molar-refractivity contribution in [2.75, 3.05) is 19.7 Å². The Labute approximate surface area is 120 Å². The number of ether oxygens (including phenoxy) is 1. The summed E-state index contributed by atoms with van der Waals surface area (Å²) in [5.74, 6) is -0.0935. The Morgan fingerprint density at radius 1 is 1.30 bits per heavy atom. The molecular weight excluding hydrogens is 257 g/mol. The summed E-state index contributed by atoms with van der Waals surface area (Å²) in [7, 11) is 0. The smallest absolute Gasteiger partial charge is 0.226 e. The molecule has 0 radical (unpaired) electrons. The summed E-state index contributed by atoms with van der Waals surface area (Å²) in [4.78, 5) is 13.6. The van der Waals surface area contributed by atoms with Crippen LogP contribution in [0.15, 0.2) is 36.4 Å². The van der Waals surface area contributed by atoms with E-state index < -0.39 is 0 Å². The zero-order valence-corrected chi connectivity index (χ0v) is 12.1. The third-order valence-electron chi connectivity index (χ3n) is 2.88. The Morgan fingerprint density at radius 2 is 2.05 bits per heavy atom. The van der Waals surface area contributed by atoms with Crippen molar-refractivity contribution in [2.24, 2.45) is 0 Å². The first-order valence-corrected chi connectivity index (χ1v) is 6.99. The first kappa shape index (κ1) is 16.2. The number of likely N-dealkylation sites (N-methyl/N-ethyl adjacent to an activating group) is 1. The second-order valence-corrected chi connectivity index (χ2v) is 4.34. The largest absolute Gasteiger partial charge is 0.489 e. The molecule has 0 spiro atoms. The highest BCUT2D eigenvalue weighted by atomic mass is 19.1. The minimum atomic E-state index is -0.382. The van der Waals surface area contributed by atoms with E-state index in [1.165, 1.54) is 6.07 Å². The fourth-order valence-electron chi connectivity index (χ4n) is 1.77. The zero-order chi connectivity index (χ0) is 14.8. The van der Waals surface area contributed by atoms with Gasteiger partial charge in [0.05, 0.1) is 6.54 Å². The van der Waals surface area contributed by atoms with Gasteiger partial charge in [-0.2, -0.15) is 0 Å². The number of carbonyl (C=O) groups excluding carboxylic acids is 1. The minimum absolute atomic E-state index is 0.0642. The van der Waals surface area contributed by atoms with E-state index in [1.54, 1.807) is 23.1 Å². The lowest BCUT2D eigenvalue weighted by molar-refractivity contribution is -0.130. The van der Waals surface area contributed by atoms with Crippen LogP contribution in [0.25, 0.3) is 0 Å². The normalized spacial score (nSPS) is 10.8. The summed E-state index contributed by atoms with van der Waals surface area (Å²) in [6.07, 6.45) is 5.18. The molecule has 0 aliphatic rings. The van der Waals surface area contributed by atoms with Gasteiger partial charge in [-0.05, 0) is 25.5 Å². The summed E-state index contributed by atoms with van der Waals surface area (Å²) >= 11 is 0. The van der Waals surface area contributed by atoms with Gasteiger partial charge in [-0.1, -0.05) is 31.2 Å². The number of nitrogens with zero attached hydrogens (tertiary/aromatic N) is 1. The minimum Gasteiger partial charge on any atom is -0.489 e. The number of hydrogen-bond acceptors (Lipinski definition) is 2. The van der Waals surface area contributed by atoms with Crippen LogP contribution >= 0.6 is 0 Å². The molecular formula is C16H22FNO2. The Bertz CT molecular complexity index is 446. The van der Waals surface area contributed by atoms with Gasteiger partial charge in [-0.3, -0.25) is 4.79 Å². The van der Waals surface area contributed by atoms with Crippen LogP contribution in [-0.2, 0) is 4.79 Å². The number of amides is 1. The van der Waals surface area contributed by atoms with Crippen LogP contribution in [0.4, 0.5) is 4.39 Å². The Balaban J connectivity index is 2.40. The van der Waals surface area contributed by atoms with E-state index in [2.05, 4.69) is 0 Å². The van der Waals surface area contributed by atoms with Crippen molar-refractivity contribution in [3.8, 4) is 5.75 Å². The molecule has 0 atom stereocenters. The molecule has 0 unspecified atom stereocenters. The topological polar surface area (TPSA) is 29.5 Å². The predicted molar refractivity (Wildman–Crippen MR) is 78.2 cm³/mol. The van der Waals surface area contributed by atoms with Gasteiger partial charge in [0.2, 0.25) is 5.91 Å². The number of para-hydroxylation sites is 1. The molecule has 110 valence electrons. The number of benzene rings is 1. The van der Waals surface area contributed by atoms with Crippen molar-refractivity contribution in [2.45, 2.75) is 26.7 Å². The third-order valence-corrected chi connectivity index (χ3v) is 2.88. The predicted octanol–water partition coefficient (Wildman–Crippen LogP) is 3.41. The molecule has 1 aromatic carbocycles. The highest BCUT2D eigenvalue weighted by molar-refractivity contribution is 5.77. The van der Waals surface area contributed by atoms with Crippen molar-refractivity contribution in [3.63, 3.8) is 0 Å². The van der Waals surface area contributed by atoms with Crippen molar-refractivity contribution >= 4 is 5.91 Å². The van der Waals surface area contributed by atoms with Gasteiger partial charge in [-0.15, -0.1) is 0 Å². The molecule has 0 N–H and O–H groups in total. The lowest BCUT2D eigenvalue weighted by Crippen LogP contribution is -2.34. The molecule has 1 rings (SSSR count). The van der Waals surface area contributed by atoms with Gasteiger partial charge in [-0.25, -0.2) is 4.39 Å². The fraction of sp³-hybridized carbons (Fsp3) is 0.438. The highest BCUT2D eigenvalue weighted by Gasteiger charge is 2.10. The molecule has 0 saturated carbocycles. The number of allylic oxidation sites excluding steroid dienone is 1. The fourth-order valence-corrected chi connectivity index (χ4v) is 1.77. The lowest BCUT2D eigenvalue weighted by Gasteiger charge is -2.20. The van der Waals surface area contributed by atoms with E-state index in [-0.39, 0.29) is 24.1 Å². The summed E-state index contributed by atoms with van der Waals surface area (Å²) in [5.41, 5.74) is 0. The maximum absolute atomic E-state index is 13.3. The van der Waals surface area contributed by atoms with Gasteiger partial charge < -0.3 is 9.64 Å². The molecule has 0 heterocycles. The van der Waals surface area contributed by atoms with Crippen molar-refractivity contribution < 1.29 is 13.9 Å². The van der Waals surface area contributed by atoms with Crippen LogP contribution < -0.4 is 4.74 Å². The molecule has 0 fully saturated rings. The summed E-state index contributed by atoms with van der Waals surface area (Å²) in [6, 6.07) is 6.27. The van der Waals surface area contributed by atoms with Crippen LogP contribution in [0, 0.1) is 5.82 Å². The zero-order valence-electron chi connectivity index (χ0n) is 12.1. The van der Waals surface area contributed by atoms with Gasteiger partial charge in [0.1, 0.15) is 6.61 Å². The van der Waals surface area contributed by atoms with Gasteiger partial charge in [0.25, 0.3) is 0 Å². The van der Waals surface area contributed by atoms with Crippen LogP contribution in [0.2, 0.25) is 0 Å². The van der Waals surface area contributed by atoms with Gasteiger partial charge in [0.15, 0.2) is 11.6 Å². The number of halogens is 1. The highest BCUT2D eigenvalue weighted by Crippen LogP contribution is 2.15. The number of hydrogen-bond donors (Lipinski definition) is 0. The molecule has 0 aliphatic heterocycles. The first-order valence-electron chi connectivity index (χ1n) is 6.99. The molecule has 0 aliphatic carbocycles. The molecule has 0 aromatic heterocycles. The monoisotopic (exact) mass is 279 g/mol. The van der Waals surface area contributed by atoms with Gasteiger partial charge >= 0.3 is 0 Å². The van der Waals surface area contributed by atoms with Crippen molar-refractivity contribution in [1.29, 1.82) is 0 Å². The van der Waals surface area contributed by atoms with Crippen molar-refractivity contribution in [1.82, 2.24) is 4.90 Å². The SMILES string of the molecule is CCC=CCC(=O)N(CC)CCOc1ccccc1F. The standard InChI is InChI=1S/C16H22FNO2/c1-3-5-6-11-16(19)18(4-2)12-13-20-15-10-8-7-9-14(15)17/h5-10H,3-4,11-13H2,1-2H3. The molecule has 1 amide bonds. The second kappa shape index (κ2) is 9.13. The van der Waals surface area contributed by atoms with Crippen molar-refractivity contribution in [3.05, 3.63) is 42.2 Å². The molecule has 20 heavy (non-hydrogen) atoms. The van der Waals surface area contributed by atoms with E-state index in [9.17, 15) is 9.18 Å². The number of carbonyl (C=O) groups is 1. The maximum Gasteiger partial charge on any atom is 0.226 e. The van der Waals surface area contributed by atoms with Crippen LogP contribution in [0.3, 0.4) is 0 Å². The van der Waals surface area contributed by atoms with E-state index in [4.69, 9.17) is 4.74 Å². The van der Waals surface area contributed by atoms with E-state index in [0.717, 1.165) is 6.42 Å². The molecule has 4 heteroatoms. The summed E-state index contributed by atoms with van der Waals surface area (Å²) in [6.45, 7) is 5.33. The Hall–Kier alpha value is -1.84. The molecule has 3 nitrogen and oxygen atoms in total. The Kier molecular flexibility index (Phi) is 7.40. The van der Waals surface area contributed by atoms with Crippen LogP contribution in [0.1, 0.15) is 26.7 Å². The average Bonchev–Trinajstić information content (AvgIpc) is 2.45. The Morgan fingerprint density at radius 3 is 2.70 bits per heavy atom. The third kappa shape index (κ3) is 5.43. The lowest BCUT2D eigenvalue weighted by atomic mass is 10.3.